The quantitative estimate of drug-likeness (QED) is 0.621. The zero-order valence-electron chi connectivity index (χ0n) is 8.93. The van der Waals surface area contributed by atoms with E-state index < -0.39 is 0 Å². The topological polar surface area (TPSA) is 45.1 Å². The van der Waals surface area contributed by atoms with Gasteiger partial charge in [0.2, 0.25) is 0 Å². The van der Waals surface area contributed by atoms with E-state index in [0.29, 0.717) is 6.54 Å². The SMILES string of the molecule is O=C1CN2C=C(N3CCOCC3)C=CC2=N1. The Morgan fingerprint density at radius 3 is 2.88 bits per heavy atom. The Morgan fingerprint density at radius 2 is 2.06 bits per heavy atom. The predicted molar refractivity (Wildman–Crippen MR) is 58.8 cm³/mol. The van der Waals surface area contributed by atoms with Crippen molar-refractivity contribution in [3.05, 3.63) is 24.0 Å². The minimum atomic E-state index is -0.0703. The molecule has 0 aliphatic carbocycles. The van der Waals surface area contributed by atoms with E-state index in [-0.39, 0.29) is 5.91 Å². The van der Waals surface area contributed by atoms with Gasteiger partial charge in [-0.15, -0.1) is 0 Å². The Kier molecular flexibility index (Phi) is 2.25. The highest BCUT2D eigenvalue weighted by Gasteiger charge is 2.24. The lowest BCUT2D eigenvalue weighted by atomic mass is 10.2. The van der Waals surface area contributed by atoms with E-state index in [1.54, 1.807) is 0 Å². The number of amidine groups is 1. The summed E-state index contributed by atoms with van der Waals surface area (Å²) in [5, 5.41) is 0. The molecule has 3 aliphatic rings. The van der Waals surface area contributed by atoms with Crippen molar-refractivity contribution in [1.82, 2.24) is 9.80 Å². The van der Waals surface area contributed by atoms with Crippen molar-refractivity contribution in [2.45, 2.75) is 0 Å². The number of ether oxygens (including phenoxy) is 1. The number of nitrogens with zero attached hydrogens (tertiary/aromatic N) is 3. The number of amides is 1. The number of carbonyl (C=O) groups is 1. The summed E-state index contributed by atoms with van der Waals surface area (Å²) in [6.45, 7) is 3.72. The summed E-state index contributed by atoms with van der Waals surface area (Å²) < 4.78 is 5.31. The first-order valence-corrected chi connectivity index (χ1v) is 5.44. The fourth-order valence-corrected chi connectivity index (χ4v) is 2.07. The van der Waals surface area contributed by atoms with E-state index in [0.717, 1.165) is 37.8 Å². The standard InChI is InChI=1S/C11H13N3O2/c15-11-8-14-7-9(1-2-10(14)12-11)13-3-5-16-6-4-13/h1-2,7H,3-6,8H2. The molecule has 3 rings (SSSR count). The van der Waals surface area contributed by atoms with Gasteiger partial charge in [-0.1, -0.05) is 0 Å². The molecule has 3 heterocycles. The van der Waals surface area contributed by atoms with Gasteiger partial charge in [0.15, 0.2) is 0 Å². The van der Waals surface area contributed by atoms with Crippen molar-refractivity contribution >= 4 is 11.7 Å². The van der Waals surface area contributed by atoms with Gasteiger partial charge in [0.25, 0.3) is 5.91 Å². The van der Waals surface area contributed by atoms with Crippen LogP contribution in [0.15, 0.2) is 29.0 Å². The fraction of sp³-hybridized carbons (Fsp3) is 0.455. The molecule has 0 bridgehead atoms. The van der Waals surface area contributed by atoms with Crippen molar-refractivity contribution in [3.8, 4) is 0 Å². The normalized spacial score (nSPS) is 24.4. The average Bonchev–Trinajstić information content (AvgIpc) is 2.69. The van der Waals surface area contributed by atoms with Crippen LogP contribution in [0, 0.1) is 0 Å². The number of morpholine rings is 1. The molecule has 0 radical (unpaired) electrons. The summed E-state index contributed by atoms with van der Waals surface area (Å²) in [6.07, 6.45) is 5.91. The number of fused-ring (bicyclic) bond motifs is 1. The van der Waals surface area contributed by atoms with E-state index in [4.69, 9.17) is 4.74 Å². The molecule has 0 aromatic heterocycles. The van der Waals surface area contributed by atoms with Gasteiger partial charge in [0.1, 0.15) is 12.4 Å². The number of hydrogen-bond donors (Lipinski definition) is 0. The van der Waals surface area contributed by atoms with Gasteiger partial charge in [0.05, 0.1) is 18.9 Å². The second kappa shape index (κ2) is 3.75. The first kappa shape index (κ1) is 9.59. The third kappa shape index (κ3) is 1.63. The van der Waals surface area contributed by atoms with Crippen LogP contribution in [-0.2, 0) is 9.53 Å². The van der Waals surface area contributed by atoms with E-state index >= 15 is 0 Å². The summed E-state index contributed by atoms with van der Waals surface area (Å²) in [6, 6.07) is 0. The fourth-order valence-electron chi connectivity index (χ4n) is 2.07. The van der Waals surface area contributed by atoms with E-state index in [1.165, 1.54) is 0 Å². The lowest BCUT2D eigenvalue weighted by molar-refractivity contribution is -0.116. The molecule has 1 amide bonds. The second-order valence-electron chi connectivity index (χ2n) is 3.98. The Hall–Kier alpha value is -1.62. The smallest absolute Gasteiger partial charge is 0.267 e. The van der Waals surface area contributed by atoms with Crippen LogP contribution in [0.2, 0.25) is 0 Å². The van der Waals surface area contributed by atoms with Crippen LogP contribution in [0.1, 0.15) is 0 Å². The molecule has 0 saturated carbocycles. The molecule has 0 N–H and O–H groups in total. The first-order chi connectivity index (χ1) is 7.83. The zero-order valence-corrected chi connectivity index (χ0v) is 8.93. The van der Waals surface area contributed by atoms with Crippen LogP contribution in [-0.4, -0.2) is 54.4 Å². The maximum absolute atomic E-state index is 11.2. The monoisotopic (exact) mass is 219 g/mol. The van der Waals surface area contributed by atoms with Crippen LogP contribution in [0.3, 0.4) is 0 Å². The molecular formula is C11H13N3O2. The summed E-state index contributed by atoms with van der Waals surface area (Å²) in [7, 11) is 0. The largest absolute Gasteiger partial charge is 0.378 e. The summed E-state index contributed by atoms with van der Waals surface area (Å²) in [5.41, 5.74) is 1.14. The minimum absolute atomic E-state index is 0.0703. The maximum atomic E-state index is 11.2. The van der Waals surface area contributed by atoms with Crippen LogP contribution < -0.4 is 0 Å². The van der Waals surface area contributed by atoms with Crippen LogP contribution in [0.5, 0.6) is 0 Å². The summed E-state index contributed by atoms with van der Waals surface area (Å²) in [5.74, 6) is 0.682. The maximum Gasteiger partial charge on any atom is 0.267 e. The van der Waals surface area contributed by atoms with Gasteiger partial charge in [-0.25, -0.2) is 0 Å². The Labute approximate surface area is 93.7 Å². The van der Waals surface area contributed by atoms with Crippen molar-refractivity contribution < 1.29 is 9.53 Å². The molecule has 3 aliphatic heterocycles. The predicted octanol–water partition coefficient (Wildman–Crippen LogP) is -0.0295. The van der Waals surface area contributed by atoms with Crippen molar-refractivity contribution in [2.24, 2.45) is 4.99 Å². The third-order valence-corrected chi connectivity index (χ3v) is 2.91. The van der Waals surface area contributed by atoms with Gasteiger partial charge in [0, 0.05) is 19.3 Å². The summed E-state index contributed by atoms with van der Waals surface area (Å²) >= 11 is 0. The third-order valence-electron chi connectivity index (χ3n) is 2.91. The molecular weight excluding hydrogens is 206 g/mol. The van der Waals surface area contributed by atoms with Crippen LogP contribution >= 0.6 is 0 Å². The molecule has 5 nitrogen and oxygen atoms in total. The van der Waals surface area contributed by atoms with E-state index in [2.05, 4.69) is 9.89 Å². The molecule has 0 unspecified atom stereocenters. The molecule has 5 heteroatoms. The highest BCUT2D eigenvalue weighted by atomic mass is 16.5. The number of rotatable bonds is 1. The zero-order chi connectivity index (χ0) is 11.0. The van der Waals surface area contributed by atoms with Gasteiger partial charge in [-0.3, -0.25) is 4.79 Å². The lowest BCUT2D eigenvalue weighted by Gasteiger charge is -2.32. The summed E-state index contributed by atoms with van der Waals surface area (Å²) in [4.78, 5) is 19.2. The molecule has 0 spiro atoms. The molecule has 1 saturated heterocycles. The van der Waals surface area contributed by atoms with Crippen molar-refractivity contribution in [2.75, 3.05) is 32.8 Å². The van der Waals surface area contributed by atoms with Crippen molar-refractivity contribution in [3.63, 3.8) is 0 Å². The lowest BCUT2D eigenvalue weighted by Crippen LogP contribution is -2.37. The van der Waals surface area contributed by atoms with E-state index in [1.807, 2.05) is 23.3 Å². The highest BCUT2D eigenvalue weighted by Crippen LogP contribution is 2.18. The number of hydrogen-bond acceptors (Lipinski definition) is 4. The first-order valence-electron chi connectivity index (χ1n) is 5.44. The molecule has 0 aromatic carbocycles. The molecule has 84 valence electrons. The van der Waals surface area contributed by atoms with Gasteiger partial charge >= 0.3 is 0 Å². The van der Waals surface area contributed by atoms with Crippen LogP contribution in [0.4, 0.5) is 0 Å². The van der Waals surface area contributed by atoms with Gasteiger partial charge in [-0.05, 0) is 12.2 Å². The Morgan fingerprint density at radius 1 is 1.25 bits per heavy atom. The average molecular weight is 219 g/mol. The van der Waals surface area contributed by atoms with Crippen LogP contribution in [0.25, 0.3) is 0 Å². The Bertz CT molecular complexity index is 405. The molecule has 0 aromatic rings. The Balaban J connectivity index is 1.78. The minimum Gasteiger partial charge on any atom is -0.378 e. The van der Waals surface area contributed by atoms with Gasteiger partial charge < -0.3 is 14.5 Å². The van der Waals surface area contributed by atoms with Crippen molar-refractivity contribution in [1.29, 1.82) is 0 Å². The molecule has 16 heavy (non-hydrogen) atoms. The molecule has 1 fully saturated rings. The number of allylic oxidation sites excluding steroid dienone is 1. The highest BCUT2D eigenvalue weighted by molar-refractivity contribution is 6.08. The number of carbonyl (C=O) groups excluding carboxylic acids is 1. The van der Waals surface area contributed by atoms with Gasteiger partial charge in [-0.2, -0.15) is 4.99 Å². The molecule has 0 atom stereocenters. The number of aliphatic imine (C=N–C) groups is 1. The second-order valence-corrected chi connectivity index (χ2v) is 3.98. The van der Waals surface area contributed by atoms with E-state index in [9.17, 15) is 4.79 Å².